The SMILES string of the molecule is O=C1NCC2(CCN(C(=O)CCc3nc4ccccc4[nH]c3=O)CC2)O1. The second-order valence-corrected chi connectivity index (χ2v) is 6.84. The van der Waals surface area contributed by atoms with Crippen molar-refractivity contribution in [1.82, 2.24) is 20.2 Å². The molecule has 0 saturated carbocycles. The zero-order valence-corrected chi connectivity index (χ0v) is 14.3. The van der Waals surface area contributed by atoms with Gasteiger partial charge in [-0.25, -0.2) is 9.78 Å². The summed E-state index contributed by atoms with van der Waals surface area (Å²) in [6.45, 7) is 1.61. The molecule has 2 amide bonds. The van der Waals surface area contributed by atoms with Gasteiger partial charge in [-0.3, -0.25) is 9.59 Å². The molecule has 0 bridgehead atoms. The van der Waals surface area contributed by atoms with Crippen LogP contribution in [-0.4, -0.2) is 52.1 Å². The zero-order valence-electron chi connectivity index (χ0n) is 14.3. The van der Waals surface area contributed by atoms with E-state index in [0.29, 0.717) is 55.6 Å². The number of hydrogen-bond acceptors (Lipinski definition) is 5. The van der Waals surface area contributed by atoms with Crippen LogP contribution in [-0.2, 0) is 16.0 Å². The number of H-pyrrole nitrogens is 1. The highest BCUT2D eigenvalue weighted by atomic mass is 16.6. The first-order valence-electron chi connectivity index (χ1n) is 8.77. The van der Waals surface area contributed by atoms with E-state index in [1.807, 2.05) is 18.2 Å². The lowest BCUT2D eigenvalue weighted by molar-refractivity contribution is -0.134. The average Bonchev–Trinajstić information content (AvgIpc) is 3.00. The number of nitrogens with one attached hydrogen (secondary N) is 2. The summed E-state index contributed by atoms with van der Waals surface area (Å²) in [5.74, 6) is -0.00788. The number of alkyl carbamates (subject to hydrolysis) is 1. The third kappa shape index (κ3) is 3.14. The highest BCUT2D eigenvalue weighted by molar-refractivity contribution is 5.77. The largest absolute Gasteiger partial charge is 0.441 e. The molecule has 136 valence electrons. The standard InChI is InChI=1S/C18H20N4O4/c23-15(22-9-7-18(8-10-22)11-19-17(25)26-18)6-5-14-16(24)21-13-4-2-1-3-12(13)20-14/h1-4H,5-11H2,(H,19,25)(H,21,24). The van der Waals surface area contributed by atoms with Crippen LogP contribution in [0, 0.1) is 0 Å². The molecule has 2 aliphatic rings. The highest BCUT2D eigenvalue weighted by Crippen LogP contribution is 2.29. The number of aromatic amines is 1. The molecule has 2 aromatic rings. The Morgan fingerprint density at radius 1 is 1.23 bits per heavy atom. The Balaban J connectivity index is 1.37. The van der Waals surface area contributed by atoms with E-state index in [-0.39, 0.29) is 24.0 Å². The maximum atomic E-state index is 12.5. The van der Waals surface area contributed by atoms with Crippen molar-refractivity contribution in [2.75, 3.05) is 19.6 Å². The van der Waals surface area contributed by atoms with Crippen molar-refractivity contribution in [3.63, 3.8) is 0 Å². The molecule has 1 aromatic heterocycles. The van der Waals surface area contributed by atoms with Gasteiger partial charge in [0.2, 0.25) is 5.91 Å². The molecule has 2 saturated heterocycles. The van der Waals surface area contributed by atoms with Crippen LogP contribution < -0.4 is 10.9 Å². The highest BCUT2D eigenvalue weighted by Gasteiger charge is 2.43. The number of carbonyl (C=O) groups excluding carboxylic acids is 2. The van der Waals surface area contributed by atoms with E-state index >= 15 is 0 Å². The predicted octanol–water partition coefficient (Wildman–Crippen LogP) is 0.957. The van der Waals surface area contributed by atoms with Gasteiger partial charge in [-0.1, -0.05) is 12.1 Å². The number of carbonyl (C=O) groups is 2. The number of ether oxygens (including phenoxy) is 1. The summed E-state index contributed by atoms with van der Waals surface area (Å²) < 4.78 is 5.36. The van der Waals surface area contributed by atoms with Crippen molar-refractivity contribution in [2.24, 2.45) is 0 Å². The first-order valence-corrected chi connectivity index (χ1v) is 8.77. The van der Waals surface area contributed by atoms with Crippen molar-refractivity contribution in [3.05, 3.63) is 40.3 Å². The summed E-state index contributed by atoms with van der Waals surface area (Å²) in [6, 6.07) is 7.32. The zero-order chi connectivity index (χ0) is 18.1. The minimum Gasteiger partial charge on any atom is -0.441 e. The molecule has 2 N–H and O–H groups in total. The van der Waals surface area contributed by atoms with E-state index in [9.17, 15) is 14.4 Å². The van der Waals surface area contributed by atoms with Crippen molar-refractivity contribution in [3.8, 4) is 0 Å². The van der Waals surface area contributed by atoms with Crippen LogP contribution in [0.1, 0.15) is 25.0 Å². The van der Waals surface area contributed by atoms with E-state index in [2.05, 4.69) is 15.3 Å². The quantitative estimate of drug-likeness (QED) is 0.852. The summed E-state index contributed by atoms with van der Waals surface area (Å²) in [4.78, 5) is 44.8. The van der Waals surface area contributed by atoms with Crippen LogP contribution in [0.3, 0.4) is 0 Å². The fraction of sp³-hybridized carbons (Fsp3) is 0.444. The molecule has 8 nitrogen and oxygen atoms in total. The number of likely N-dealkylation sites (tertiary alicyclic amines) is 1. The Morgan fingerprint density at radius 3 is 2.73 bits per heavy atom. The van der Waals surface area contributed by atoms with E-state index in [1.54, 1.807) is 11.0 Å². The topological polar surface area (TPSA) is 104 Å². The van der Waals surface area contributed by atoms with Gasteiger partial charge in [0.1, 0.15) is 11.3 Å². The van der Waals surface area contributed by atoms with Crippen LogP contribution in [0.5, 0.6) is 0 Å². The number of hydrogen-bond donors (Lipinski definition) is 2. The van der Waals surface area contributed by atoms with Crippen LogP contribution in [0.4, 0.5) is 4.79 Å². The van der Waals surface area contributed by atoms with Gasteiger partial charge in [0.15, 0.2) is 0 Å². The summed E-state index contributed by atoms with van der Waals surface area (Å²) in [5, 5.41) is 2.68. The minimum absolute atomic E-state index is 0.00788. The Bertz CT molecular complexity index is 915. The summed E-state index contributed by atoms with van der Waals surface area (Å²) in [5.41, 5.74) is 1.06. The predicted molar refractivity (Wildman–Crippen MR) is 93.7 cm³/mol. The first-order chi connectivity index (χ1) is 12.5. The fourth-order valence-electron chi connectivity index (χ4n) is 3.56. The van der Waals surface area contributed by atoms with Gasteiger partial charge < -0.3 is 19.9 Å². The molecular formula is C18H20N4O4. The third-order valence-corrected chi connectivity index (χ3v) is 5.14. The van der Waals surface area contributed by atoms with Crippen LogP contribution >= 0.6 is 0 Å². The third-order valence-electron chi connectivity index (χ3n) is 5.14. The van der Waals surface area contributed by atoms with Gasteiger partial charge in [0, 0.05) is 38.8 Å². The molecule has 0 radical (unpaired) electrons. The fourth-order valence-corrected chi connectivity index (χ4v) is 3.56. The molecule has 1 spiro atoms. The number of rotatable bonds is 3. The molecule has 2 fully saturated rings. The molecule has 0 atom stereocenters. The lowest BCUT2D eigenvalue weighted by atomic mass is 9.91. The Morgan fingerprint density at radius 2 is 2.00 bits per heavy atom. The number of para-hydroxylation sites is 2. The van der Waals surface area contributed by atoms with Crippen LogP contribution in [0.25, 0.3) is 11.0 Å². The second kappa shape index (κ2) is 6.44. The Kier molecular flexibility index (Phi) is 4.10. The molecular weight excluding hydrogens is 336 g/mol. The van der Waals surface area contributed by atoms with Crippen molar-refractivity contribution in [2.45, 2.75) is 31.3 Å². The summed E-state index contributed by atoms with van der Waals surface area (Å²) in [7, 11) is 0. The van der Waals surface area contributed by atoms with Crippen LogP contribution in [0.15, 0.2) is 29.1 Å². The Labute approximate surface area is 149 Å². The van der Waals surface area contributed by atoms with E-state index in [4.69, 9.17) is 4.74 Å². The molecule has 1 aromatic carbocycles. The summed E-state index contributed by atoms with van der Waals surface area (Å²) >= 11 is 0. The maximum Gasteiger partial charge on any atom is 0.407 e. The number of fused-ring (bicyclic) bond motifs is 1. The number of amides is 2. The normalized spacial score (nSPS) is 18.8. The number of aryl methyl sites for hydroxylation is 1. The number of benzene rings is 1. The lowest BCUT2D eigenvalue weighted by Crippen LogP contribution is -2.48. The smallest absolute Gasteiger partial charge is 0.407 e. The molecule has 2 aliphatic heterocycles. The Hall–Kier alpha value is -2.90. The lowest BCUT2D eigenvalue weighted by Gasteiger charge is -2.37. The molecule has 0 unspecified atom stereocenters. The number of piperidine rings is 1. The van der Waals surface area contributed by atoms with Crippen molar-refractivity contribution in [1.29, 1.82) is 0 Å². The van der Waals surface area contributed by atoms with E-state index in [1.165, 1.54) is 0 Å². The minimum atomic E-state index is -0.467. The van der Waals surface area contributed by atoms with Crippen molar-refractivity contribution < 1.29 is 14.3 Å². The monoisotopic (exact) mass is 356 g/mol. The van der Waals surface area contributed by atoms with Crippen molar-refractivity contribution >= 4 is 23.0 Å². The van der Waals surface area contributed by atoms with Crippen LogP contribution in [0.2, 0.25) is 0 Å². The molecule has 8 heteroatoms. The molecule has 4 rings (SSSR count). The molecule has 26 heavy (non-hydrogen) atoms. The second-order valence-electron chi connectivity index (χ2n) is 6.84. The number of aromatic nitrogens is 2. The number of nitrogens with zero attached hydrogens (tertiary/aromatic N) is 2. The van der Waals surface area contributed by atoms with Gasteiger partial charge in [0.25, 0.3) is 5.56 Å². The van der Waals surface area contributed by atoms with Gasteiger partial charge in [-0.15, -0.1) is 0 Å². The maximum absolute atomic E-state index is 12.5. The van der Waals surface area contributed by atoms with E-state index < -0.39 is 5.60 Å². The average molecular weight is 356 g/mol. The molecule has 0 aliphatic carbocycles. The molecule has 3 heterocycles. The van der Waals surface area contributed by atoms with Gasteiger partial charge in [0.05, 0.1) is 17.6 Å². The van der Waals surface area contributed by atoms with Gasteiger partial charge >= 0.3 is 6.09 Å². The first kappa shape index (κ1) is 16.6. The van der Waals surface area contributed by atoms with Gasteiger partial charge in [-0.05, 0) is 12.1 Å². The van der Waals surface area contributed by atoms with Gasteiger partial charge in [-0.2, -0.15) is 0 Å². The van der Waals surface area contributed by atoms with E-state index in [0.717, 1.165) is 0 Å². The summed E-state index contributed by atoms with van der Waals surface area (Å²) in [6.07, 6.45) is 1.42.